The van der Waals surface area contributed by atoms with E-state index in [1.165, 1.54) is 71.9 Å². The number of piperidine rings is 1. The molecule has 1 heterocycles. The molecule has 3 rings (SSSR count). The fraction of sp³-hybridized carbons (Fsp3) is 0.464. The van der Waals surface area contributed by atoms with Gasteiger partial charge in [-0.05, 0) is 98.1 Å². The molecule has 2 aromatic carbocycles. The molecule has 0 aliphatic carbocycles. The van der Waals surface area contributed by atoms with Crippen LogP contribution in [0.25, 0.3) is 5.57 Å². The maximum absolute atomic E-state index is 4.41. The summed E-state index contributed by atoms with van der Waals surface area (Å²) < 4.78 is 0. The molecule has 1 atom stereocenters. The average Bonchev–Trinajstić information content (AvgIpc) is 2.69. The molecule has 0 radical (unpaired) electrons. The number of hydrogen-bond acceptors (Lipinski definition) is 1. The Hall–Kier alpha value is -1.56. The van der Waals surface area contributed by atoms with Gasteiger partial charge in [-0.1, -0.05) is 62.4 Å². The van der Waals surface area contributed by atoms with Crippen LogP contribution >= 0.6 is 6.89 Å². The lowest BCUT2D eigenvalue weighted by atomic mass is 9.93. The summed E-state index contributed by atoms with van der Waals surface area (Å²) in [6.07, 6.45) is 10.6. The van der Waals surface area contributed by atoms with Crippen molar-refractivity contribution >= 4 is 18.8 Å². The summed E-state index contributed by atoms with van der Waals surface area (Å²) >= 11 is 0. The Bertz CT molecular complexity index is 914. The summed E-state index contributed by atoms with van der Waals surface area (Å²) in [5.74, 6) is 0.570. The number of benzene rings is 2. The third kappa shape index (κ3) is 6.73. The van der Waals surface area contributed by atoms with Crippen LogP contribution in [0.3, 0.4) is 0 Å². The van der Waals surface area contributed by atoms with Gasteiger partial charge in [-0.25, -0.2) is 0 Å². The van der Waals surface area contributed by atoms with Gasteiger partial charge in [-0.2, -0.15) is 0 Å². The summed E-state index contributed by atoms with van der Waals surface area (Å²) in [7, 11) is 0. The molecule has 0 saturated carbocycles. The largest absolute Gasteiger partial charge is 0.299 e. The second kappa shape index (κ2) is 10.2. The lowest BCUT2D eigenvalue weighted by Gasteiger charge is -2.27. The van der Waals surface area contributed by atoms with E-state index in [1.54, 1.807) is 0 Å². The third-order valence-corrected chi connectivity index (χ3v) is 7.84. The second-order valence-electron chi connectivity index (χ2n) is 10.0. The minimum Gasteiger partial charge on any atom is -0.299 e. The van der Waals surface area contributed by atoms with Gasteiger partial charge in [-0.15, -0.1) is 13.2 Å². The molecule has 0 amide bonds. The molecule has 0 N–H and O–H groups in total. The topological polar surface area (TPSA) is 3.24 Å². The fourth-order valence-corrected chi connectivity index (χ4v) is 6.33. The van der Waals surface area contributed by atoms with E-state index < -0.39 is 6.89 Å². The van der Waals surface area contributed by atoms with Gasteiger partial charge >= 0.3 is 0 Å². The molecule has 0 aromatic heterocycles. The fourth-order valence-electron chi connectivity index (χ4n) is 4.63. The standard InChI is InChI=1S/C28H40NP/c1-22-13-14-27(24(3)21-30(4,5)6)19-28(22)18-25-11-10-12-26(17-25)23(2)20-29-15-8-7-9-16-29/h10-14,17,19,24H,2,4,7-9,15-16,18,20-21H2,1,3,5-6H3. The van der Waals surface area contributed by atoms with Crippen LogP contribution in [0.5, 0.6) is 0 Å². The van der Waals surface area contributed by atoms with E-state index in [0.717, 1.165) is 13.0 Å². The molecule has 0 spiro atoms. The van der Waals surface area contributed by atoms with Gasteiger partial charge in [0.25, 0.3) is 0 Å². The zero-order chi connectivity index (χ0) is 21.7. The number of nitrogens with zero attached hydrogens (tertiary/aromatic N) is 1. The Labute approximate surface area is 185 Å². The summed E-state index contributed by atoms with van der Waals surface area (Å²) in [4.78, 5) is 2.56. The maximum Gasteiger partial charge on any atom is 0.0233 e. The zero-order valence-electron chi connectivity index (χ0n) is 19.6. The van der Waals surface area contributed by atoms with Crippen LogP contribution in [-0.2, 0) is 6.42 Å². The van der Waals surface area contributed by atoms with Crippen molar-refractivity contribution in [2.45, 2.75) is 45.4 Å². The van der Waals surface area contributed by atoms with E-state index in [0.29, 0.717) is 5.92 Å². The second-order valence-corrected chi connectivity index (χ2v) is 14.3. The normalized spacial score (nSPS) is 16.4. The van der Waals surface area contributed by atoms with E-state index in [-0.39, 0.29) is 0 Å². The highest BCUT2D eigenvalue weighted by Crippen LogP contribution is 2.40. The molecule has 1 aliphatic rings. The Morgan fingerprint density at radius 3 is 2.50 bits per heavy atom. The van der Waals surface area contributed by atoms with Crippen LogP contribution < -0.4 is 0 Å². The molecule has 30 heavy (non-hydrogen) atoms. The number of aryl methyl sites for hydroxylation is 1. The molecule has 1 saturated heterocycles. The summed E-state index contributed by atoms with van der Waals surface area (Å²) in [5, 5.41) is 0. The van der Waals surface area contributed by atoms with Gasteiger partial charge in [0.15, 0.2) is 0 Å². The lowest BCUT2D eigenvalue weighted by molar-refractivity contribution is 0.255. The summed E-state index contributed by atoms with van der Waals surface area (Å²) in [5.41, 5.74) is 8.21. The minimum atomic E-state index is -1.03. The Morgan fingerprint density at radius 2 is 1.80 bits per heavy atom. The van der Waals surface area contributed by atoms with Crippen molar-refractivity contribution in [3.05, 3.63) is 76.9 Å². The van der Waals surface area contributed by atoms with Gasteiger partial charge < -0.3 is 0 Å². The van der Waals surface area contributed by atoms with E-state index >= 15 is 0 Å². The van der Waals surface area contributed by atoms with Gasteiger partial charge in [0.2, 0.25) is 0 Å². The molecule has 1 fully saturated rings. The van der Waals surface area contributed by atoms with Gasteiger partial charge in [0.05, 0.1) is 0 Å². The predicted octanol–water partition coefficient (Wildman–Crippen LogP) is 6.90. The highest BCUT2D eigenvalue weighted by molar-refractivity contribution is 7.72. The van der Waals surface area contributed by atoms with E-state index in [9.17, 15) is 0 Å². The Balaban J connectivity index is 1.73. The highest BCUT2D eigenvalue weighted by Gasteiger charge is 2.14. The van der Waals surface area contributed by atoms with Crippen LogP contribution in [0, 0.1) is 6.92 Å². The molecule has 1 aliphatic heterocycles. The van der Waals surface area contributed by atoms with Crippen LogP contribution in [-0.4, -0.2) is 50.3 Å². The van der Waals surface area contributed by atoms with Crippen molar-refractivity contribution in [2.75, 3.05) is 39.1 Å². The first-order valence-electron chi connectivity index (χ1n) is 11.5. The van der Waals surface area contributed by atoms with Crippen molar-refractivity contribution in [3.63, 3.8) is 0 Å². The van der Waals surface area contributed by atoms with Crippen LogP contribution in [0.15, 0.2) is 49.0 Å². The summed E-state index contributed by atoms with van der Waals surface area (Å²) in [6.45, 7) is 16.1. The number of hydrogen-bond donors (Lipinski definition) is 0. The SMILES string of the molecule is C=C(CN1CCCCC1)c1cccc(Cc2cc(C(C)CP(=C)(C)C)ccc2C)c1. The quantitative estimate of drug-likeness (QED) is 0.419. The summed E-state index contributed by atoms with van der Waals surface area (Å²) in [6, 6.07) is 16.1. The molecule has 1 unspecified atom stereocenters. The van der Waals surface area contributed by atoms with Crippen LogP contribution in [0.2, 0.25) is 0 Å². The average molecular weight is 422 g/mol. The maximum atomic E-state index is 4.41. The Kier molecular flexibility index (Phi) is 7.83. The van der Waals surface area contributed by atoms with Crippen molar-refractivity contribution in [2.24, 2.45) is 0 Å². The van der Waals surface area contributed by atoms with E-state index in [4.69, 9.17) is 0 Å². The Morgan fingerprint density at radius 1 is 1.07 bits per heavy atom. The number of likely N-dealkylation sites (tertiary alicyclic amines) is 1. The molecule has 2 heteroatoms. The van der Waals surface area contributed by atoms with Gasteiger partial charge in [0.1, 0.15) is 0 Å². The van der Waals surface area contributed by atoms with Crippen molar-refractivity contribution < 1.29 is 0 Å². The molecular formula is C28H40NP. The third-order valence-electron chi connectivity index (χ3n) is 6.30. The highest BCUT2D eigenvalue weighted by atomic mass is 31.2. The van der Waals surface area contributed by atoms with E-state index in [1.807, 2.05) is 0 Å². The van der Waals surface area contributed by atoms with E-state index in [2.05, 4.69) is 87.4 Å². The molecule has 1 nitrogen and oxygen atoms in total. The van der Waals surface area contributed by atoms with Crippen molar-refractivity contribution in [3.8, 4) is 0 Å². The van der Waals surface area contributed by atoms with Crippen LogP contribution in [0.1, 0.15) is 59.9 Å². The zero-order valence-corrected chi connectivity index (χ0v) is 20.5. The van der Waals surface area contributed by atoms with Gasteiger partial charge in [-0.3, -0.25) is 4.90 Å². The first kappa shape index (κ1) is 23.1. The monoisotopic (exact) mass is 421 g/mol. The smallest absolute Gasteiger partial charge is 0.0233 e. The first-order chi connectivity index (χ1) is 14.2. The number of rotatable bonds is 8. The van der Waals surface area contributed by atoms with Gasteiger partial charge in [0, 0.05) is 6.54 Å². The lowest BCUT2D eigenvalue weighted by Crippen LogP contribution is -2.30. The first-order valence-corrected chi connectivity index (χ1v) is 14.5. The molecular weight excluding hydrogens is 381 g/mol. The molecule has 162 valence electrons. The predicted molar refractivity (Wildman–Crippen MR) is 139 cm³/mol. The van der Waals surface area contributed by atoms with Crippen LogP contribution in [0.4, 0.5) is 0 Å². The van der Waals surface area contributed by atoms with Crippen molar-refractivity contribution in [1.29, 1.82) is 0 Å². The minimum absolute atomic E-state index is 0.570. The molecule has 2 aromatic rings. The van der Waals surface area contributed by atoms with Crippen molar-refractivity contribution in [1.82, 2.24) is 4.90 Å². The molecule has 0 bridgehead atoms.